The number of hydrogen-bond donors (Lipinski definition) is 0. The van der Waals surface area contributed by atoms with Crippen molar-refractivity contribution in [2.45, 2.75) is 40.0 Å². The van der Waals surface area contributed by atoms with E-state index in [9.17, 15) is 0 Å². The van der Waals surface area contributed by atoms with Gasteiger partial charge in [0.25, 0.3) is 0 Å². The van der Waals surface area contributed by atoms with Crippen LogP contribution in [0.3, 0.4) is 0 Å². The van der Waals surface area contributed by atoms with Crippen LogP contribution in [0.5, 0.6) is 0 Å². The van der Waals surface area contributed by atoms with Crippen LogP contribution in [0.4, 0.5) is 0 Å². The van der Waals surface area contributed by atoms with Crippen LogP contribution >= 0.6 is 107 Å². The quantitative estimate of drug-likeness (QED) is 0.172. The summed E-state index contributed by atoms with van der Waals surface area (Å²) in [4.78, 5) is 0. The van der Waals surface area contributed by atoms with Crippen LogP contribution < -0.4 is 15.9 Å². The van der Waals surface area contributed by atoms with Gasteiger partial charge in [-0.3, -0.25) is 0 Å². The van der Waals surface area contributed by atoms with Gasteiger partial charge in [0.1, 0.15) is 19.9 Å². The summed E-state index contributed by atoms with van der Waals surface area (Å²) in [6, 6.07) is 24.1. The second-order valence-electron chi connectivity index (χ2n) is 6.70. The monoisotopic (exact) mass is 790 g/mol. The maximum atomic E-state index is 5.82. The Bertz CT molecular complexity index is 855. The molecule has 0 N–H and O–H groups in total. The molecule has 3 aromatic rings. The fraction of sp³-hybridized carbons (Fsp3) is 0.250. The van der Waals surface area contributed by atoms with Crippen LogP contribution in [0.2, 0.25) is 0 Å². The Balaban J connectivity index is 0.000000483. The van der Waals surface area contributed by atoms with Crippen molar-refractivity contribution < 1.29 is 15.1 Å². The Morgan fingerprint density at radius 3 is 0.806 bits per heavy atom. The second-order valence-corrected chi connectivity index (χ2v) is 19.8. The van der Waals surface area contributed by atoms with Gasteiger partial charge in [0, 0.05) is 15.9 Å². The third-order valence-electron chi connectivity index (χ3n) is 4.66. The Morgan fingerprint density at radius 2 is 0.667 bits per heavy atom. The summed E-state index contributed by atoms with van der Waals surface area (Å²) in [7, 11) is 9.71. The first-order valence-corrected chi connectivity index (χ1v) is 24.5. The van der Waals surface area contributed by atoms with Crippen LogP contribution in [-0.4, -0.2) is 0 Å². The van der Waals surface area contributed by atoms with Crippen LogP contribution in [0.15, 0.2) is 72.8 Å². The zero-order chi connectivity index (χ0) is 27.5. The standard InChI is InChI=1S/3C8H9Cl2P.2ClH.Ru/c3*1-2-7-5-3-4-6-8(7)11(9)10;;;/h3*3-6H,2H2,1H3;2*1H;/q;;;;;+2/p-2. The number of rotatable bonds is 6. The van der Waals surface area contributed by atoms with Crippen molar-refractivity contribution in [2.75, 3.05) is 0 Å². The Hall–Kier alpha value is 1.89. The summed E-state index contributed by atoms with van der Waals surface area (Å²) in [5.74, 6) is 0. The predicted molar refractivity (Wildman–Crippen MR) is 174 cm³/mol. The Morgan fingerprint density at radius 1 is 0.472 bits per heavy atom. The summed E-state index contributed by atoms with van der Waals surface area (Å²) >= 11 is 34.6. The fourth-order valence-corrected chi connectivity index (χ4v) is 7.84. The molecular formula is C24H27Cl8P3Ru. The summed E-state index contributed by atoms with van der Waals surface area (Å²) in [5.41, 5.74) is 3.76. The second kappa shape index (κ2) is 23.6. The molecule has 3 aromatic carbocycles. The molecule has 0 bridgehead atoms. The van der Waals surface area contributed by atoms with E-state index in [2.05, 4.69) is 39.0 Å². The van der Waals surface area contributed by atoms with Crippen molar-refractivity contribution in [1.82, 2.24) is 0 Å². The number of benzene rings is 3. The summed E-state index contributed by atoms with van der Waals surface area (Å²) in [6.45, 7) is 3.37. The zero-order valence-corrected chi connectivity index (χ0v) is 30.2. The van der Waals surface area contributed by atoms with Crippen molar-refractivity contribution >= 4 is 123 Å². The van der Waals surface area contributed by atoms with Crippen LogP contribution in [-0.2, 0) is 34.4 Å². The zero-order valence-electron chi connectivity index (χ0n) is 19.8. The molecule has 0 aliphatic heterocycles. The van der Waals surface area contributed by atoms with Crippen LogP contribution in [0.25, 0.3) is 0 Å². The molecule has 0 nitrogen and oxygen atoms in total. The molecule has 0 unspecified atom stereocenters. The van der Waals surface area contributed by atoms with Crippen molar-refractivity contribution in [2.24, 2.45) is 0 Å². The van der Waals surface area contributed by atoms with Crippen LogP contribution in [0, 0.1) is 0 Å². The van der Waals surface area contributed by atoms with Crippen molar-refractivity contribution in [3.63, 3.8) is 0 Å². The average Bonchev–Trinajstić information content (AvgIpc) is 2.89. The first kappa shape index (κ1) is 37.9. The molecule has 0 saturated carbocycles. The molecular weight excluding hydrogens is 766 g/mol. The molecule has 12 heteroatoms. The van der Waals surface area contributed by atoms with Gasteiger partial charge in [-0.2, -0.15) is 0 Å². The number of hydrogen-bond acceptors (Lipinski definition) is 0. The molecule has 0 amide bonds. The molecule has 0 radical (unpaired) electrons. The van der Waals surface area contributed by atoms with Gasteiger partial charge in [0.2, 0.25) is 0 Å². The topological polar surface area (TPSA) is 0 Å². The van der Waals surface area contributed by atoms with E-state index in [0.717, 1.165) is 35.2 Å². The van der Waals surface area contributed by atoms with Gasteiger partial charge in [-0.15, -0.1) is 0 Å². The van der Waals surface area contributed by atoms with Gasteiger partial charge < -0.3 is 0 Å². The van der Waals surface area contributed by atoms with E-state index >= 15 is 0 Å². The maximum absolute atomic E-state index is 5.82. The fourth-order valence-electron chi connectivity index (χ4n) is 2.92. The van der Waals surface area contributed by atoms with E-state index in [1.54, 1.807) is 0 Å². The van der Waals surface area contributed by atoms with E-state index in [-0.39, 0.29) is 15.1 Å². The van der Waals surface area contributed by atoms with E-state index in [1.165, 1.54) is 16.7 Å². The van der Waals surface area contributed by atoms with Crippen molar-refractivity contribution in [3.8, 4) is 0 Å². The summed E-state index contributed by atoms with van der Waals surface area (Å²) in [5, 5.41) is 3.27. The van der Waals surface area contributed by atoms with E-state index in [4.69, 9.17) is 86.8 Å². The van der Waals surface area contributed by atoms with Crippen molar-refractivity contribution in [1.29, 1.82) is 0 Å². The minimum absolute atomic E-state index is 0.346. The number of halogens is 8. The molecule has 0 aliphatic carbocycles. The Kier molecular flexibility index (Phi) is 24.8. The third kappa shape index (κ3) is 15.6. The van der Waals surface area contributed by atoms with E-state index in [1.807, 2.05) is 54.6 Å². The minimum atomic E-state index is -0.978. The molecule has 0 atom stereocenters. The molecule has 0 spiro atoms. The van der Waals surface area contributed by atoms with Crippen molar-refractivity contribution in [3.05, 3.63) is 89.5 Å². The van der Waals surface area contributed by atoms with E-state index in [0.29, 0.717) is 0 Å². The molecule has 0 aromatic heterocycles. The number of aryl methyl sites for hydroxylation is 3. The molecule has 3 rings (SSSR count). The molecule has 202 valence electrons. The summed E-state index contributed by atoms with van der Waals surface area (Å²) in [6.07, 6.45) is 2.98. The predicted octanol–water partition coefficient (Wildman–Crippen LogP) is 12.4. The van der Waals surface area contributed by atoms with Gasteiger partial charge in [-0.25, -0.2) is 0 Å². The van der Waals surface area contributed by atoms with Gasteiger partial charge in [-0.1, -0.05) is 161 Å². The Labute approximate surface area is 264 Å². The first-order chi connectivity index (χ1) is 17.2. The van der Waals surface area contributed by atoms with Crippen LogP contribution in [0.1, 0.15) is 37.5 Å². The average molecular weight is 793 g/mol. The molecule has 0 fully saturated rings. The molecule has 0 aliphatic rings. The molecule has 0 saturated heterocycles. The SMILES string of the molecule is CCc1ccccc1P(Cl)Cl.CCc1ccccc1P(Cl)Cl.CCc1ccccc1P(Cl)Cl.[Cl][Ru][Cl]. The van der Waals surface area contributed by atoms with Gasteiger partial charge >= 0.3 is 34.5 Å². The summed E-state index contributed by atoms with van der Waals surface area (Å²) < 4.78 is 0. The third-order valence-corrected chi connectivity index (χ3v) is 10.3. The first-order valence-electron chi connectivity index (χ1n) is 10.6. The van der Waals surface area contributed by atoms with E-state index < -0.39 is 19.9 Å². The normalized spacial score (nSPS) is 10.3. The van der Waals surface area contributed by atoms with Gasteiger partial charge in [-0.05, 0) is 36.0 Å². The van der Waals surface area contributed by atoms with Gasteiger partial charge in [0.05, 0.1) is 0 Å². The van der Waals surface area contributed by atoms with Gasteiger partial charge in [0.15, 0.2) is 0 Å². The molecule has 36 heavy (non-hydrogen) atoms. The molecule has 0 heterocycles.